The van der Waals surface area contributed by atoms with Gasteiger partial charge in [-0.3, -0.25) is 20.0 Å². The van der Waals surface area contributed by atoms with E-state index in [4.69, 9.17) is 0 Å². The molecular formula is C16H17N5O2S. The van der Waals surface area contributed by atoms with Crippen molar-refractivity contribution in [2.45, 2.75) is 27.7 Å². The van der Waals surface area contributed by atoms with Crippen LogP contribution in [-0.2, 0) is 0 Å². The quantitative estimate of drug-likeness (QED) is 0.633. The van der Waals surface area contributed by atoms with Crippen LogP contribution in [0.15, 0.2) is 11.4 Å². The molecule has 0 radical (unpaired) electrons. The summed E-state index contributed by atoms with van der Waals surface area (Å²) in [6.45, 7) is 6.98. The number of rotatable bonds is 4. The first-order valence-electron chi connectivity index (χ1n) is 7.36. The molecule has 124 valence electrons. The molecule has 0 atom stereocenters. The molecule has 0 bridgehead atoms. The average Bonchev–Trinajstić information content (AvgIpc) is 3.18. The number of amides is 1. The second-order valence-corrected chi connectivity index (χ2v) is 6.49. The van der Waals surface area contributed by atoms with Gasteiger partial charge in [0.25, 0.3) is 5.91 Å². The van der Waals surface area contributed by atoms with Gasteiger partial charge in [-0.05, 0) is 50.3 Å². The van der Waals surface area contributed by atoms with Crippen LogP contribution in [0.2, 0.25) is 0 Å². The van der Waals surface area contributed by atoms with Gasteiger partial charge in [-0.2, -0.15) is 4.98 Å². The SMILES string of the molecule is CC(=O)c1c(C)[nH]c(C(=O)Nc2n[nH]c(-c3sccc3C)n2)c1C. The number of H-pyrrole nitrogens is 2. The van der Waals surface area contributed by atoms with E-state index in [0.29, 0.717) is 28.3 Å². The van der Waals surface area contributed by atoms with Crippen molar-refractivity contribution in [3.05, 3.63) is 39.5 Å². The zero-order valence-electron chi connectivity index (χ0n) is 13.8. The molecule has 0 aliphatic heterocycles. The maximum absolute atomic E-state index is 12.4. The lowest BCUT2D eigenvalue weighted by Gasteiger charge is -2.00. The molecule has 3 heterocycles. The van der Waals surface area contributed by atoms with Crippen molar-refractivity contribution >= 4 is 29.0 Å². The van der Waals surface area contributed by atoms with E-state index in [0.717, 1.165) is 10.4 Å². The summed E-state index contributed by atoms with van der Waals surface area (Å²) in [6, 6.07) is 2.00. The molecule has 0 saturated carbocycles. The Morgan fingerprint density at radius 2 is 2.00 bits per heavy atom. The average molecular weight is 343 g/mol. The van der Waals surface area contributed by atoms with Gasteiger partial charge >= 0.3 is 0 Å². The predicted molar refractivity (Wildman–Crippen MR) is 92.7 cm³/mol. The predicted octanol–water partition coefficient (Wildman–Crippen LogP) is 3.24. The molecule has 7 nitrogen and oxygen atoms in total. The first kappa shape index (κ1) is 16.1. The fourth-order valence-corrected chi connectivity index (χ4v) is 3.57. The van der Waals surface area contributed by atoms with Gasteiger partial charge in [0.2, 0.25) is 5.95 Å². The molecule has 3 aromatic rings. The first-order chi connectivity index (χ1) is 11.4. The van der Waals surface area contributed by atoms with Crippen LogP contribution < -0.4 is 5.32 Å². The van der Waals surface area contributed by atoms with Gasteiger partial charge in [0.05, 0.1) is 4.88 Å². The molecule has 8 heteroatoms. The summed E-state index contributed by atoms with van der Waals surface area (Å²) in [5, 5.41) is 11.5. The van der Waals surface area contributed by atoms with Crippen LogP contribution in [0.5, 0.6) is 0 Å². The number of nitrogens with one attached hydrogen (secondary N) is 3. The molecule has 0 saturated heterocycles. The lowest BCUT2D eigenvalue weighted by atomic mass is 10.1. The topological polar surface area (TPSA) is 104 Å². The Hall–Kier alpha value is -2.74. The van der Waals surface area contributed by atoms with Crippen molar-refractivity contribution in [3.8, 4) is 10.7 Å². The van der Waals surface area contributed by atoms with E-state index >= 15 is 0 Å². The van der Waals surface area contributed by atoms with Crippen molar-refractivity contribution in [2.24, 2.45) is 0 Å². The minimum atomic E-state index is -0.378. The van der Waals surface area contributed by atoms with Gasteiger partial charge in [-0.1, -0.05) is 0 Å². The van der Waals surface area contributed by atoms with E-state index in [1.807, 2.05) is 18.4 Å². The number of anilines is 1. The number of aromatic nitrogens is 4. The van der Waals surface area contributed by atoms with E-state index in [-0.39, 0.29) is 17.6 Å². The van der Waals surface area contributed by atoms with Gasteiger partial charge in [0, 0.05) is 11.3 Å². The number of hydrogen-bond donors (Lipinski definition) is 3. The maximum atomic E-state index is 12.4. The Morgan fingerprint density at radius 1 is 1.25 bits per heavy atom. The fraction of sp³-hybridized carbons (Fsp3) is 0.250. The van der Waals surface area contributed by atoms with Gasteiger partial charge in [-0.15, -0.1) is 16.4 Å². The van der Waals surface area contributed by atoms with Crippen LogP contribution in [0.3, 0.4) is 0 Å². The third-order valence-corrected chi connectivity index (χ3v) is 4.83. The van der Waals surface area contributed by atoms with Crippen LogP contribution in [-0.4, -0.2) is 31.9 Å². The summed E-state index contributed by atoms with van der Waals surface area (Å²) in [4.78, 5) is 32.4. The molecule has 3 aromatic heterocycles. The Balaban J connectivity index is 1.84. The molecule has 3 rings (SSSR count). The highest BCUT2D eigenvalue weighted by Gasteiger charge is 2.21. The lowest BCUT2D eigenvalue weighted by Crippen LogP contribution is -2.15. The third-order valence-electron chi connectivity index (χ3n) is 3.80. The molecular weight excluding hydrogens is 326 g/mol. The summed E-state index contributed by atoms with van der Waals surface area (Å²) in [7, 11) is 0. The monoisotopic (exact) mass is 343 g/mol. The Labute approximate surface area is 142 Å². The Morgan fingerprint density at radius 3 is 2.58 bits per heavy atom. The molecule has 0 aliphatic carbocycles. The highest BCUT2D eigenvalue weighted by molar-refractivity contribution is 7.13. The standard InChI is InChI=1S/C16H17N5O2S/c1-7-5-6-24-13(7)14-18-16(21-20-14)19-15(23)12-8(2)11(10(4)22)9(3)17-12/h5-6,17H,1-4H3,(H2,18,19,20,21,23). The number of ketones is 1. The van der Waals surface area contributed by atoms with E-state index < -0.39 is 0 Å². The fourth-order valence-electron chi connectivity index (χ4n) is 2.70. The number of hydrogen-bond acceptors (Lipinski definition) is 5. The molecule has 0 spiro atoms. The normalized spacial score (nSPS) is 10.8. The Bertz CT molecular complexity index is 934. The number of aromatic amines is 2. The lowest BCUT2D eigenvalue weighted by molar-refractivity contribution is 0.101. The van der Waals surface area contributed by atoms with E-state index in [1.165, 1.54) is 6.92 Å². The molecule has 0 unspecified atom stereocenters. The van der Waals surface area contributed by atoms with Crippen molar-refractivity contribution in [3.63, 3.8) is 0 Å². The molecule has 0 fully saturated rings. The molecule has 3 N–H and O–H groups in total. The van der Waals surface area contributed by atoms with Crippen LogP contribution in [0.25, 0.3) is 10.7 Å². The van der Waals surface area contributed by atoms with Crippen molar-refractivity contribution in [2.75, 3.05) is 5.32 Å². The maximum Gasteiger partial charge on any atom is 0.274 e. The summed E-state index contributed by atoms with van der Waals surface area (Å²) in [6.07, 6.45) is 0. The number of carbonyl (C=O) groups is 2. The zero-order valence-corrected chi connectivity index (χ0v) is 14.6. The van der Waals surface area contributed by atoms with Gasteiger partial charge in [0.1, 0.15) is 5.69 Å². The summed E-state index contributed by atoms with van der Waals surface area (Å²) in [5.74, 6) is 0.352. The number of aryl methyl sites for hydroxylation is 2. The number of thiophene rings is 1. The van der Waals surface area contributed by atoms with Gasteiger partial charge < -0.3 is 4.98 Å². The largest absolute Gasteiger partial charge is 0.354 e. The van der Waals surface area contributed by atoms with Crippen molar-refractivity contribution in [1.29, 1.82) is 0 Å². The zero-order chi connectivity index (χ0) is 17.4. The minimum absolute atomic E-state index is 0.0753. The van der Waals surface area contributed by atoms with E-state index in [9.17, 15) is 9.59 Å². The van der Waals surface area contributed by atoms with Gasteiger partial charge in [0.15, 0.2) is 11.6 Å². The third kappa shape index (κ3) is 2.76. The summed E-state index contributed by atoms with van der Waals surface area (Å²) in [5.41, 5.74) is 3.29. The Kier molecular flexibility index (Phi) is 4.06. The highest BCUT2D eigenvalue weighted by atomic mass is 32.1. The molecule has 0 aliphatic rings. The smallest absolute Gasteiger partial charge is 0.274 e. The molecule has 24 heavy (non-hydrogen) atoms. The van der Waals surface area contributed by atoms with Crippen LogP contribution in [0, 0.1) is 20.8 Å². The van der Waals surface area contributed by atoms with E-state index in [2.05, 4.69) is 25.5 Å². The second-order valence-electron chi connectivity index (χ2n) is 5.58. The minimum Gasteiger partial charge on any atom is -0.354 e. The van der Waals surface area contributed by atoms with Crippen molar-refractivity contribution in [1.82, 2.24) is 20.2 Å². The van der Waals surface area contributed by atoms with Crippen LogP contribution in [0.1, 0.15) is 44.6 Å². The summed E-state index contributed by atoms with van der Waals surface area (Å²) < 4.78 is 0. The van der Waals surface area contributed by atoms with Gasteiger partial charge in [-0.25, -0.2) is 0 Å². The highest BCUT2D eigenvalue weighted by Crippen LogP contribution is 2.26. The van der Waals surface area contributed by atoms with E-state index in [1.54, 1.807) is 25.2 Å². The molecule has 1 amide bonds. The number of nitrogens with zero attached hydrogens (tertiary/aromatic N) is 2. The summed E-state index contributed by atoms with van der Waals surface area (Å²) >= 11 is 1.55. The number of carbonyl (C=O) groups excluding carboxylic acids is 2. The molecule has 0 aromatic carbocycles. The number of Topliss-reactive ketones (excluding diaryl/α,β-unsaturated/α-hetero) is 1. The second kappa shape index (κ2) is 6.04. The van der Waals surface area contributed by atoms with Crippen LogP contribution >= 0.6 is 11.3 Å². The first-order valence-corrected chi connectivity index (χ1v) is 8.24. The van der Waals surface area contributed by atoms with Crippen molar-refractivity contribution < 1.29 is 9.59 Å². The van der Waals surface area contributed by atoms with Crippen LogP contribution in [0.4, 0.5) is 5.95 Å².